The average Bonchev–Trinajstić information content (AvgIpc) is 2.91. The molecule has 214 valence electrons. The van der Waals surface area contributed by atoms with Crippen LogP contribution in [-0.2, 0) is 26.2 Å². The van der Waals surface area contributed by atoms with Crippen molar-refractivity contribution in [3.63, 3.8) is 0 Å². The summed E-state index contributed by atoms with van der Waals surface area (Å²) in [5, 5.41) is 3.54. The van der Waals surface area contributed by atoms with Crippen molar-refractivity contribution in [2.45, 2.75) is 50.7 Å². The fourth-order valence-electron chi connectivity index (χ4n) is 3.89. The van der Waals surface area contributed by atoms with Crippen LogP contribution in [0.1, 0.15) is 33.3 Å². The van der Waals surface area contributed by atoms with E-state index in [0.717, 1.165) is 4.31 Å². The zero-order valence-corrected chi connectivity index (χ0v) is 25.3. The molecule has 3 aromatic carbocycles. The smallest absolute Gasteiger partial charge is 0.264 e. The Morgan fingerprint density at radius 2 is 1.57 bits per heavy atom. The topological polar surface area (TPSA) is 96.0 Å². The Balaban J connectivity index is 2.02. The molecule has 11 heteroatoms. The third-order valence-electron chi connectivity index (χ3n) is 5.97. The number of nitrogens with one attached hydrogen (secondary N) is 1. The van der Waals surface area contributed by atoms with E-state index in [-0.39, 0.29) is 17.3 Å². The van der Waals surface area contributed by atoms with Crippen molar-refractivity contribution in [2.75, 3.05) is 18.0 Å². The van der Waals surface area contributed by atoms with Gasteiger partial charge in [-0.2, -0.15) is 0 Å². The second kappa shape index (κ2) is 12.9. The number of rotatable bonds is 10. The molecule has 0 fully saturated rings. The van der Waals surface area contributed by atoms with E-state index in [2.05, 4.69) is 5.32 Å². The highest BCUT2D eigenvalue weighted by atomic mass is 35.5. The molecule has 0 heterocycles. The van der Waals surface area contributed by atoms with Gasteiger partial charge in [0.25, 0.3) is 10.0 Å². The van der Waals surface area contributed by atoms with Crippen molar-refractivity contribution in [1.29, 1.82) is 0 Å². The van der Waals surface area contributed by atoms with Gasteiger partial charge in [-0.3, -0.25) is 13.9 Å². The molecule has 40 heavy (non-hydrogen) atoms. The number of halogens is 2. The highest BCUT2D eigenvalue weighted by Gasteiger charge is 2.33. The number of sulfonamides is 1. The van der Waals surface area contributed by atoms with Crippen LogP contribution >= 0.6 is 23.2 Å². The lowest BCUT2D eigenvalue weighted by molar-refractivity contribution is -0.140. The number of anilines is 1. The Hall–Kier alpha value is -3.27. The molecule has 0 aliphatic carbocycles. The van der Waals surface area contributed by atoms with Gasteiger partial charge in [0.1, 0.15) is 18.3 Å². The molecule has 0 aliphatic rings. The van der Waals surface area contributed by atoms with E-state index in [1.54, 1.807) is 55.5 Å². The van der Waals surface area contributed by atoms with E-state index in [4.69, 9.17) is 27.9 Å². The Labute approximate surface area is 245 Å². The van der Waals surface area contributed by atoms with Gasteiger partial charge < -0.3 is 15.0 Å². The number of hydrogen-bond acceptors (Lipinski definition) is 5. The molecule has 0 saturated heterocycles. The number of para-hydroxylation sites is 1. The van der Waals surface area contributed by atoms with Gasteiger partial charge in [-0.1, -0.05) is 47.5 Å². The molecule has 0 radical (unpaired) electrons. The summed E-state index contributed by atoms with van der Waals surface area (Å²) in [5.74, 6) is -0.471. The minimum atomic E-state index is -4.18. The average molecular weight is 607 g/mol. The molecule has 3 aromatic rings. The predicted molar refractivity (Wildman–Crippen MR) is 158 cm³/mol. The van der Waals surface area contributed by atoms with Crippen LogP contribution in [0.2, 0.25) is 10.0 Å². The summed E-state index contributed by atoms with van der Waals surface area (Å²) in [6.45, 7) is 6.55. The molecule has 1 atom stereocenters. The largest absolute Gasteiger partial charge is 0.497 e. The molecule has 0 aromatic heterocycles. The van der Waals surface area contributed by atoms with Crippen LogP contribution in [0.25, 0.3) is 0 Å². The number of amides is 2. The van der Waals surface area contributed by atoms with Crippen LogP contribution in [0.4, 0.5) is 5.69 Å². The Morgan fingerprint density at radius 1 is 0.950 bits per heavy atom. The summed E-state index contributed by atoms with van der Waals surface area (Å²) in [6.07, 6.45) is 0. The standard InChI is InChI=1S/C29H33Cl2N3O5S/c1-20(28(36)32-29(2,3)4)33(18-21-11-16-25(30)26(31)17-21)27(35)19-34(22-9-7-6-8-10-22)40(37,38)24-14-12-23(39-5)13-15-24/h6-17,20H,18-19H2,1-5H3,(H,32,36)/t20-/m0/s1. The summed E-state index contributed by atoms with van der Waals surface area (Å²) in [7, 11) is -2.69. The maximum atomic E-state index is 13.9. The van der Waals surface area contributed by atoms with E-state index in [1.807, 2.05) is 20.8 Å². The minimum Gasteiger partial charge on any atom is -0.497 e. The van der Waals surface area contributed by atoms with Crippen molar-refractivity contribution in [3.8, 4) is 5.75 Å². The first kappa shape index (κ1) is 31.3. The van der Waals surface area contributed by atoms with Crippen LogP contribution in [0.5, 0.6) is 5.75 Å². The van der Waals surface area contributed by atoms with Crippen LogP contribution in [0, 0.1) is 0 Å². The first-order valence-electron chi connectivity index (χ1n) is 12.5. The quantitative estimate of drug-likeness (QED) is 0.328. The maximum Gasteiger partial charge on any atom is 0.264 e. The van der Waals surface area contributed by atoms with Crippen LogP contribution in [0.3, 0.4) is 0 Å². The molecule has 3 rings (SSSR count). The third kappa shape index (κ3) is 7.90. The minimum absolute atomic E-state index is 0.000332. The van der Waals surface area contributed by atoms with Gasteiger partial charge in [-0.05, 0) is 81.8 Å². The lowest BCUT2D eigenvalue weighted by Crippen LogP contribution is -2.54. The molecule has 1 N–H and O–H groups in total. The summed E-state index contributed by atoms with van der Waals surface area (Å²) in [4.78, 5) is 28.4. The number of benzene rings is 3. The van der Waals surface area contributed by atoms with E-state index in [0.29, 0.717) is 27.0 Å². The van der Waals surface area contributed by atoms with E-state index >= 15 is 0 Å². The van der Waals surface area contributed by atoms with Crippen LogP contribution in [0.15, 0.2) is 77.7 Å². The molecule has 0 aliphatic heterocycles. The number of carbonyl (C=O) groups is 2. The number of carbonyl (C=O) groups excluding carboxylic acids is 2. The lowest BCUT2D eigenvalue weighted by Gasteiger charge is -2.33. The SMILES string of the molecule is COc1ccc(S(=O)(=O)N(CC(=O)N(Cc2ccc(Cl)c(Cl)c2)[C@@H](C)C(=O)NC(C)(C)C)c2ccccc2)cc1. The number of nitrogens with zero attached hydrogens (tertiary/aromatic N) is 2. The monoisotopic (exact) mass is 605 g/mol. The Bertz CT molecular complexity index is 1440. The van der Waals surface area contributed by atoms with Crippen molar-refractivity contribution in [1.82, 2.24) is 10.2 Å². The highest BCUT2D eigenvalue weighted by molar-refractivity contribution is 7.92. The first-order valence-corrected chi connectivity index (χ1v) is 14.7. The normalized spacial score (nSPS) is 12.4. The number of hydrogen-bond donors (Lipinski definition) is 1. The van der Waals surface area contributed by atoms with Gasteiger partial charge in [-0.25, -0.2) is 8.42 Å². The summed E-state index contributed by atoms with van der Waals surface area (Å²) in [5.41, 5.74) is 0.382. The van der Waals surface area contributed by atoms with Crippen LogP contribution < -0.4 is 14.4 Å². The number of ether oxygens (including phenoxy) is 1. The van der Waals surface area contributed by atoms with Gasteiger partial charge >= 0.3 is 0 Å². The van der Waals surface area contributed by atoms with Gasteiger partial charge in [0, 0.05) is 12.1 Å². The van der Waals surface area contributed by atoms with E-state index < -0.39 is 34.1 Å². The van der Waals surface area contributed by atoms with Gasteiger partial charge in [0.15, 0.2) is 0 Å². The Morgan fingerprint density at radius 3 is 2.12 bits per heavy atom. The second-order valence-corrected chi connectivity index (χ2v) is 12.9. The number of methoxy groups -OCH3 is 1. The van der Waals surface area contributed by atoms with Crippen LogP contribution in [-0.4, -0.2) is 50.4 Å². The molecule has 8 nitrogen and oxygen atoms in total. The van der Waals surface area contributed by atoms with Crippen molar-refractivity contribution < 1.29 is 22.7 Å². The molecule has 2 amide bonds. The van der Waals surface area contributed by atoms with Gasteiger partial charge in [-0.15, -0.1) is 0 Å². The first-order chi connectivity index (χ1) is 18.7. The fourth-order valence-corrected chi connectivity index (χ4v) is 5.62. The molecule has 0 saturated carbocycles. The second-order valence-electron chi connectivity index (χ2n) is 10.2. The van der Waals surface area contributed by atoms with Crippen molar-refractivity contribution in [3.05, 3.63) is 88.4 Å². The summed E-state index contributed by atoms with van der Waals surface area (Å²) in [6, 6.07) is 18.2. The zero-order valence-electron chi connectivity index (χ0n) is 23.0. The predicted octanol–water partition coefficient (Wildman–Crippen LogP) is 5.53. The Kier molecular flexibility index (Phi) is 10.1. The third-order valence-corrected chi connectivity index (χ3v) is 8.50. The molecule has 0 bridgehead atoms. The summed E-state index contributed by atoms with van der Waals surface area (Å²) >= 11 is 12.3. The van der Waals surface area contributed by atoms with E-state index in [9.17, 15) is 18.0 Å². The maximum absolute atomic E-state index is 13.9. The molecular weight excluding hydrogens is 573 g/mol. The van der Waals surface area contributed by atoms with Gasteiger partial charge in [0.05, 0.1) is 27.7 Å². The van der Waals surface area contributed by atoms with Gasteiger partial charge in [0.2, 0.25) is 11.8 Å². The van der Waals surface area contributed by atoms with Crippen molar-refractivity contribution in [2.24, 2.45) is 0 Å². The zero-order chi connectivity index (χ0) is 29.7. The van der Waals surface area contributed by atoms with E-state index in [1.165, 1.54) is 36.3 Å². The van der Waals surface area contributed by atoms with Crippen molar-refractivity contribution >= 4 is 50.7 Å². The lowest BCUT2D eigenvalue weighted by atomic mass is 10.1. The molecular formula is C29H33Cl2N3O5S. The summed E-state index contributed by atoms with van der Waals surface area (Å²) < 4.78 is 33.8. The molecule has 0 spiro atoms. The highest BCUT2D eigenvalue weighted by Crippen LogP contribution is 2.27. The molecule has 0 unspecified atom stereocenters. The fraction of sp³-hybridized carbons (Fsp3) is 0.310.